The Bertz CT molecular complexity index is 1600. The molecule has 0 saturated heterocycles. The van der Waals surface area contributed by atoms with E-state index in [2.05, 4.69) is 0 Å². The topological polar surface area (TPSA) is 35.6 Å². The lowest BCUT2D eigenvalue weighted by Crippen LogP contribution is -2.23. The minimum absolute atomic E-state index is 0.157. The van der Waals surface area contributed by atoms with E-state index in [1.54, 1.807) is 34.9 Å². The number of ether oxygens (including phenoxy) is 1. The number of thiazole rings is 1. The van der Waals surface area contributed by atoms with Crippen molar-refractivity contribution in [2.75, 3.05) is 7.11 Å². The van der Waals surface area contributed by atoms with Crippen LogP contribution in [0.3, 0.4) is 0 Å². The Labute approximate surface area is 196 Å². The van der Waals surface area contributed by atoms with Gasteiger partial charge in [-0.1, -0.05) is 41.9 Å². The second kappa shape index (κ2) is 8.16. The van der Waals surface area contributed by atoms with Crippen LogP contribution in [-0.2, 0) is 6.54 Å². The van der Waals surface area contributed by atoms with Crippen molar-refractivity contribution < 1.29 is 9.13 Å². The van der Waals surface area contributed by atoms with Crippen molar-refractivity contribution in [1.29, 1.82) is 0 Å². The summed E-state index contributed by atoms with van der Waals surface area (Å²) in [5.41, 5.74) is 2.78. The van der Waals surface area contributed by atoms with Crippen LogP contribution in [0.25, 0.3) is 27.0 Å². The van der Waals surface area contributed by atoms with Gasteiger partial charge in [0.15, 0.2) is 15.5 Å². The van der Waals surface area contributed by atoms with Gasteiger partial charge in [-0.3, -0.25) is 13.8 Å². The molecule has 0 saturated carbocycles. The van der Waals surface area contributed by atoms with Gasteiger partial charge >= 0.3 is 0 Å². The smallest absolute Gasteiger partial charge is 0.261 e. The Hall–Kier alpha value is -3.00. The maximum absolute atomic E-state index is 14.4. The number of halogens is 2. The Morgan fingerprint density at radius 3 is 2.56 bits per heavy atom. The quantitative estimate of drug-likeness (QED) is 0.272. The summed E-state index contributed by atoms with van der Waals surface area (Å²) in [6, 6.07) is 19.5. The fourth-order valence-electron chi connectivity index (χ4n) is 3.84. The van der Waals surface area contributed by atoms with Gasteiger partial charge < -0.3 is 4.74 Å². The number of aromatic nitrogens is 2. The van der Waals surface area contributed by atoms with E-state index in [9.17, 15) is 9.18 Å². The van der Waals surface area contributed by atoms with Crippen molar-refractivity contribution in [1.82, 2.24) is 8.97 Å². The van der Waals surface area contributed by atoms with E-state index in [0.717, 1.165) is 16.0 Å². The molecule has 8 heteroatoms. The van der Waals surface area contributed by atoms with Crippen LogP contribution in [0, 0.1) is 9.77 Å². The third-order valence-electron chi connectivity index (χ3n) is 5.33. The van der Waals surface area contributed by atoms with E-state index >= 15 is 0 Å². The number of benzene rings is 3. The lowest BCUT2D eigenvalue weighted by atomic mass is 10.1. The Morgan fingerprint density at radius 2 is 1.84 bits per heavy atom. The van der Waals surface area contributed by atoms with E-state index in [-0.39, 0.29) is 17.9 Å². The van der Waals surface area contributed by atoms with Crippen LogP contribution in [0.2, 0.25) is 5.02 Å². The molecule has 0 aliphatic heterocycles. The number of para-hydroxylation sites is 1. The van der Waals surface area contributed by atoms with Crippen LogP contribution in [0.1, 0.15) is 5.56 Å². The van der Waals surface area contributed by atoms with E-state index in [1.807, 2.05) is 34.7 Å². The van der Waals surface area contributed by atoms with Crippen molar-refractivity contribution >= 4 is 51.7 Å². The molecule has 3 aromatic carbocycles. The molecule has 5 aromatic rings. The summed E-state index contributed by atoms with van der Waals surface area (Å²) in [6.45, 7) is 0.181. The van der Waals surface area contributed by atoms with Gasteiger partial charge in [-0.05, 0) is 59.7 Å². The van der Waals surface area contributed by atoms with Crippen molar-refractivity contribution in [3.05, 3.63) is 97.4 Å². The molecule has 0 unspecified atom stereocenters. The van der Waals surface area contributed by atoms with Crippen molar-refractivity contribution in [3.63, 3.8) is 0 Å². The molecular formula is C24H16ClFN2O2S2. The molecule has 4 nitrogen and oxygen atoms in total. The number of fused-ring (bicyclic) bond motifs is 3. The molecule has 0 aliphatic rings. The van der Waals surface area contributed by atoms with Gasteiger partial charge in [-0.15, -0.1) is 11.3 Å². The number of hydrogen-bond acceptors (Lipinski definition) is 4. The summed E-state index contributed by atoms with van der Waals surface area (Å²) in [5.74, 6) is -0.320. The highest BCUT2D eigenvalue weighted by molar-refractivity contribution is 7.73. The van der Waals surface area contributed by atoms with Crippen LogP contribution in [0.15, 0.2) is 71.5 Å². The van der Waals surface area contributed by atoms with Crippen LogP contribution in [0.5, 0.6) is 5.75 Å². The van der Waals surface area contributed by atoms with E-state index in [1.165, 1.54) is 24.5 Å². The van der Waals surface area contributed by atoms with Gasteiger partial charge in [-0.2, -0.15) is 0 Å². The molecule has 0 bridgehead atoms. The number of methoxy groups -OCH3 is 1. The van der Waals surface area contributed by atoms with Crippen LogP contribution < -0.4 is 10.3 Å². The maximum atomic E-state index is 14.4. The molecule has 160 valence electrons. The van der Waals surface area contributed by atoms with Gasteiger partial charge in [0.25, 0.3) is 5.56 Å². The first kappa shape index (κ1) is 20.9. The van der Waals surface area contributed by atoms with Gasteiger partial charge in [0.1, 0.15) is 5.65 Å². The van der Waals surface area contributed by atoms with Gasteiger partial charge in [-0.25, -0.2) is 4.39 Å². The highest BCUT2D eigenvalue weighted by Crippen LogP contribution is 2.34. The number of nitrogens with zero attached hydrogens (tertiary/aromatic N) is 2. The Balaban J connectivity index is 1.85. The summed E-state index contributed by atoms with van der Waals surface area (Å²) in [4.78, 5) is 14.4. The second-order valence-corrected chi connectivity index (χ2v) is 9.32. The van der Waals surface area contributed by atoms with Crippen molar-refractivity contribution in [2.24, 2.45) is 0 Å². The monoisotopic (exact) mass is 482 g/mol. The van der Waals surface area contributed by atoms with Crippen molar-refractivity contribution in [2.45, 2.75) is 6.54 Å². The molecule has 0 N–H and O–H groups in total. The first-order valence-corrected chi connectivity index (χ1v) is 11.3. The number of rotatable bonds is 4. The molecule has 0 spiro atoms. The maximum Gasteiger partial charge on any atom is 0.261 e. The third kappa shape index (κ3) is 3.43. The minimum Gasteiger partial charge on any atom is -0.494 e. The zero-order valence-electron chi connectivity index (χ0n) is 16.8. The zero-order valence-corrected chi connectivity index (χ0v) is 19.2. The lowest BCUT2D eigenvalue weighted by Gasteiger charge is -2.14. The molecule has 2 aromatic heterocycles. The minimum atomic E-state index is -0.477. The lowest BCUT2D eigenvalue weighted by molar-refractivity contribution is 0.386. The second-order valence-electron chi connectivity index (χ2n) is 7.24. The normalized spacial score (nSPS) is 11.3. The van der Waals surface area contributed by atoms with E-state index in [0.29, 0.717) is 25.6 Å². The summed E-state index contributed by atoms with van der Waals surface area (Å²) >= 11 is 13.2. The van der Waals surface area contributed by atoms with Crippen LogP contribution in [-0.4, -0.2) is 16.1 Å². The first-order valence-electron chi connectivity index (χ1n) is 9.73. The molecule has 0 amide bonds. The van der Waals surface area contributed by atoms with Gasteiger partial charge in [0, 0.05) is 5.02 Å². The molecule has 0 fully saturated rings. The SMILES string of the molecule is COc1ccc(Cn2c(=O)c3ccccc3n3c(=S)sc(-c4ccc(Cl)cc4)c23)cc1F. The van der Waals surface area contributed by atoms with E-state index in [4.69, 9.17) is 28.6 Å². The average molecular weight is 483 g/mol. The highest BCUT2D eigenvalue weighted by Gasteiger charge is 2.19. The molecule has 5 rings (SSSR count). The fraction of sp³-hybridized carbons (Fsp3) is 0.0833. The predicted molar refractivity (Wildman–Crippen MR) is 130 cm³/mol. The van der Waals surface area contributed by atoms with E-state index < -0.39 is 5.82 Å². The highest BCUT2D eigenvalue weighted by atomic mass is 35.5. The predicted octanol–water partition coefficient (Wildman–Crippen LogP) is 6.56. The summed E-state index contributed by atoms with van der Waals surface area (Å²) in [7, 11) is 1.42. The molecular weight excluding hydrogens is 467 g/mol. The van der Waals surface area contributed by atoms with Gasteiger partial charge in [0.05, 0.1) is 29.4 Å². The molecule has 2 heterocycles. The molecule has 32 heavy (non-hydrogen) atoms. The molecule has 0 atom stereocenters. The third-order valence-corrected chi connectivity index (χ3v) is 6.99. The fourth-order valence-corrected chi connectivity index (χ4v) is 5.40. The molecule has 0 aliphatic carbocycles. The Morgan fingerprint density at radius 1 is 1.09 bits per heavy atom. The molecule has 0 radical (unpaired) electrons. The van der Waals surface area contributed by atoms with Crippen LogP contribution in [0.4, 0.5) is 4.39 Å². The zero-order chi connectivity index (χ0) is 22.4. The van der Waals surface area contributed by atoms with Crippen LogP contribution >= 0.6 is 35.2 Å². The largest absolute Gasteiger partial charge is 0.494 e. The number of hydrogen-bond donors (Lipinski definition) is 0. The average Bonchev–Trinajstić information content (AvgIpc) is 3.14. The van der Waals surface area contributed by atoms with Crippen molar-refractivity contribution in [3.8, 4) is 16.2 Å². The summed E-state index contributed by atoms with van der Waals surface area (Å²) in [5, 5.41) is 1.17. The standard InChI is InChI=1S/C24H16ClFN2O2S2/c1-30-20-11-6-14(12-18(20)26)13-27-22-21(15-7-9-16(25)10-8-15)32-24(31)28(22)19-5-3-2-4-17(19)23(27)29/h2-12H,13H2,1H3. The first-order chi connectivity index (χ1) is 15.5. The summed E-state index contributed by atoms with van der Waals surface area (Å²) < 4.78 is 23.6. The summed E-state index contributed by atoms with van der Waals surface area (Å²) in [6.07, 6.45) is 0. The Kier molecular flexibility index (Phi) is 5.33. The van der Waals surface area contributed by atoms with Gasteiger partial charge in [0.2, 0.25) is 0 Å².